The smallest absolute Gasteiger partial charge is 0.308 e. The molecular weight excluding hydrogens is 476 g/mol. The molecule has 0 aliphatic rings. The van der Waals surface area contributed by atoms with Crippen LogP contribution in [0.25, 0.3) is 0 Å². The van der Waals surface area contributed by atoms with Gasteiger partial charge in [0.05, 0.1) is 0 Å². The van der Waals surface area contributed by atoms with Gasteiger partial charge < -0.3 is 25.2 Å². The Morgan fingerprint density at radius 3 is 1.68 bits per heavy atom. The van der Waals surface area contributed by atoms with E-state index in [0.717, 1.165) is 18.4 Å². The average molecular weight is 519 g/mol. The van der Waals surface area contributed by atoms with E-state index in [-0.39, 0.29) is 29.6 Å². The molecule has 1 aromatic carbocycles. The zero-order valence-corrected chi connectivity index (χ0v) is 22.6. The molecule has 0 aliphatic carbocycles. The third-order valence-corrected chi connectivity index (χ3v) is 5.67. The molecule has 0 unspecified atom stereocenters. The first-order chi connectivity index (χ1) is 17.6. The SMILES string of the molecule is CC(=O)NCCCN(CCCCN(CCCNC(C)=O)C(=O)CCc1ccc(OC(C)=O)cc1)C(C)=O. The molecule has 0 fully saturated rings. The number of nitrogens with zero attached hydrogens (tertiary/aromatic N) is 2. The molecule has 0 bridgehead atoms. The van der Waals surface area contributed by atoms with Gasteiger partial charge in [-0.05, 0) is 49.8 Å². The van der Waals surface area contributed by atoms with Gasteiger partial charge in [0.15, 0.2) is 0 Å². The molecule has 4 amide bonds. The Hall–Kier alpha value is -3.43. The second-order valence-corrected chi connectivity index (χ2v) is 9.00. The summed E-state index contributed by atoms with van der Waals surface area (Å²) in [4.78, 5) is 61.7. The van der Waals surface area contributed by atoms with E-state index < -0.39 is 0 Å². The maximum absolute atomic E-state index is 13.0. The Labute approximate surface area is 220 Å². The summed E-state index contributed by atoms with van der Waals surface area (Å²) in [6, 6.07) is 7.11. The van der Waals surface area contributed by atoms with Crippen molar-refractivity contribution in [3.8, 4) is 5.75 Å². The standard InChI is InChI=1S/C27H42N4O6/c1-21(32)28-15-7-19-30(23(3)34)17-5-6-18-31(20-8-16-29-22(2)33)27(36)14-11-25-9-12-26(13-10-25)37-24(4)35/h9-10,12-13H,5-8,11,14-20H2,1-4H3,(H,28,32)(H,29,33). The predicted molar refractivity (Wildman–Crippen MR) is 141 cm³/mol. The summed E-state index contributed by atoms with van der Waals surface area (Å²) in [6.07, 6.45) is 3.76. The van der Waals surface area contributed by atoms with E-state index in [1.807, 2.05) is 17.0 Å². The average Bonchev–Trinajstić information content (AvgIpc) is 2.82. The Morgan fingerprint density at radius 2 is 1.19 bits per heavy atom. The van der Waals surface area contributed by atoms with Crippen molar-refractivity contribution >= 4 is 29.6 Å². The highest BCUT2D eigenvalue weighted by molar-refractivity contribution is 5.76. The molecule has 0 saturated heterocycles. The summed E-state index contributed by atoms with van der Waals surface area (Å²) in [7, 11) is 0. The van der Waals surface area contributed by atoms with Crippen molar-refractivity contribution in [3.05, 3.63) is 29.8 Å². The molecular formula is C27H42N4O6. The third-order valence-electron chi connectivity index (χ3n) is 5.67. The van der Waals surface area contributed by atoms with Gasteiger partial charge in [0, 0.05) is 73.4 Å². The molecule has 1 aromatic rings. The largest absolute Gasteiger partial charge is 0.427 e. The van der Waals surface area contributed by atoms with Gasteiger partial charge in [0.1, 0.15) is 5.75 Å². The Kier molecular flexibility index (Phi) is 15.3. The predicted octanol–water partition coefficient (Wildman–Crippen LogP) is 2.05. The summed E-state index contributed by atoms with van der Waals surface area (Å²) < 4.78 is 5.04. The first-order valence-corrected chi connectivity index (χ1v) is 12.9. The van der Waals surface area contributed by atoms with Crippen molar-refractivity contribution in [2.45, 2.75) is 66.2 Å². The molecule has 10 heteroatoms. The molecule has 0 radical (unpaired) electrons. The van der Waals surface area contributed by atoms with Gasteiger partial charge in [-0.15, -0.1) is 0 Å². The zero-order valence-electron chi connectivity index (χ0n) is 22.6. The number of aryl methyl sites for hydroxylation is 1. The van der Waals surface area contributed by atoms with Crippen LogP contribution in [0.15, 0.2) is 24.3 Å². The van der Waals surface area contributed by atoms with E-state index in [9.17, 15) is 24.0 Å². The van der Waals surface area contributed by atoms with Gasteiger partial charge in [-0.3, -0.25) is 24.0 Å². The molecule has 0 aliphatic heterocycles. The maximum atomic E-state index is 13.0. The second kappa shape index (κ2) is 17.9. The van der Waals surface area contributed by atoms with E-state index in [1.165, 1.54) is 27.7 Å². The summed E-state index contributed by atoms with van der Waals surface area (Å²) in [5.41, 5.74) is 0.971. The minimum atomic E-state index is -0.380. The van der Waals surface area contributed by atoms with Crippen molar-refractivity contribution in [3.63, 3.8) is 0 Å². The van der Waals surface area contributed by atoms with Gasteiger partial charge in [-0.25, -0.2) is 0 Å². The van der Waals surface area contributed by atoms with E-state index in [2.05, 4.69) is 10.6 Å². The zero-order chi connectivity index (χ0) is 27.6. The molecule has 0 atom stereocenters. The fraction of sp³-hybridized carbons (Fsp3) is 0.593. The van der Waals surface area contributed by atoms with Gasteiger partial charge in [0.2, 0.25) is 23.6 Å². The van der Waals surface area contributed by atoms with Gasteiger partial charge in [0.25, 0.3) is 0 Å². The number of esters is 1. The summed E-state index contributed by atoms with van der Waals surface area (Å²) in [6.45, 7) is 9.13. The monoisotopic (exact) mass is 518 g/mol. The van der Waals surface area contributed by atoms with Crippen molar-refractivity contribution in [1.82, 2.24) is 20.4 Å². The Bertz CT molecular complexity index is 887. The van der Waals surface area contributed by atoms with Crippen LogP contribution in [-0.4, -0.2) is 78.7 Å². The van der Waals surface area contributed by atoms with Crippen molar-refractivity contribution < 1.29 is 28.7 Å². The minimum absolute atomic E-state index is 0.00853. The van der Waals surface area contributed by atoms with E-state index in [0.29, 0.717) is 70.7 Å². The van der Waals surface area contributed by atoms with Crippen LogP contribution < -0.4 is 15.4 Å². The lowest BCUT2D eigenvalue weighted by Crippen LogP contribution is -2.36. The van der Waals surface area contributed by atoms with E-state index >= 15 is 0 Å². The van der Waals surface area contributed by atoms with Gasteiger partial charge in [-0.1, -0.05) is 12.1 Å². The number of hydrogen-bond donors (Lipinski definition) is 2. The molecule has 1 rings (SSSR count). The number of carbonyl (C=O) groups is 5. The summed E-state index contributed by atoms with van der Waals surface area (Å²) in [5, 5.41) is 5.49. The number of nitrogens with one attached hydrogen (secondary N) is 2. The summed E-state index contributed by atoms with van der Waals surface area (Å²) >= 11 is 0. The molecule has 0 spiro atoms. The Morgan fingerprint density at radius 1 is 0.703 bits per heavy atom. The van der Waals surface area contributed by atoms with Crippen LogP contribution >= 0.6 is 0 Å². The van der Waals surface area contributed by atoms with Crippen LogP contribution in [0.1, 0.15) is 65.4 Å². The Balaban J connectivity index is 2.56. The van der Waals surface area contributed by atoms with E-state index in [4.69, 9.17) is 4.74 Å². The molecule has 2 N–H and O–H groups in total. The summed E-state index contributed by atoms with van der Waals surface area (Å²) in [5.74, 6) is -0.0721. The van der Waals surface area contributed by atoms with Crippen molar-refractivity contribution in [2.24, 2.45) is 0 Å². The van der Waals surface area contributed by atoms with Crippen LogP contribution in [0.4, 0.5) is 0 Å². The van der Waals surface area contributed by atoms with Gasteiger partial charge in [-0.2, -0.15) is 0 Å². The fourth-order valence-electron chi connectivity index (χ4n) is 3.76. The number of carbonyl (C=O) groups excluding carboxylic acids is 5. The van der Waals surface area contributed by atoms with E-state index in [1.54, 1.807) is 17.0 Å². The quantitative estimate of drug-likeness (QED) is 0.185. The van der Waals surface area contributed by atoms with Gasteiger partial charge >= 0.3 is 5.97 Å². The fourth-order valence-corrected chi connectivity index (χ4v) is 3.76. The van der Waals surface area contributed by atoms with Crippen LogP contribution in [0.3, 0.4) is 0 Å². The van der Waals surface area contributed by atoms with Crippen LogP contribution in [0.2, 0.25) is 0 Å². The highest BCUT2D eigenvalue weighted by Crippen LogP contribution is 2.14. The molecule has 10 nitrogen and oxygen atoms in total. The number of rotatable bonds is 17. The van der Waals surface area contributed by atoms with Crippen LogP contribution in [0, 0.1) is 0 Å². The lowest BCUT2D eigenvalue weighted by Gasteiger charge is -2.25. The molecule has 206 valence electrons. The molecule has 0 saturated carbocycles. The maximum Gasteiger partial charge on any atom is 0.308 e. The minimum Gasteiger partial charge on any atom is -0.427 e. The van der Waals surface area contributed by atoms with Crippen LogP contribution in [0.5, 0.6) is 5.75 Å². The number of ether oxygens (including phenoxy) is 1. The lowest BCUT2D eigenvalue weighted by molar-refractivity contribution is -0.132. The number of benzene rings is 1. The first-order valence-electron chi connectivity index (χ1n) is 12.9. The number of hydrogen-bond acceptors (Lipinski definition) is 6. The van der Waals surface area contributed by atoms with Crippen molar-refractivity contribution in [1.29, 1.82) is 0 Å². The number of unbranched alkanes of at least 4 members (excludes halogenated alkanes) is 1. The second-order valence-electron chi connectivity index (χ2n) is 9.00. The molecule has 0 aromatic heterocycles. The highest BCUT2D eigenvalue weighted by Gasteiger charge is 2.14. The number of amides is 4. The van der Waals surface area contributed by atoms with Crippen LogP contribution in [-0.2, 0) is 30.4 Å². The highest BCUT2D eigenvalue weighted by atomic mass is 16.5. The molecule has 37 heavy (non-hydrogen) atoms. The molecule has 0 heterocycles. The lowest BCUT2D eigenvalue weighted by atomic mass is 10.1. The topological polar surface area (TPSA) is 125 Å². The third kappa shape index (κ3) is 15.3. The first kappa shape index (κ1) is 31.6. The normalized spacial score (nSPS) is 10.4. The van der Waals surface area contributed by atoms with Crippen molar-refractivity contribution in [2.75, 3.05) is 39.3 Å².